The van der Waals surface area contributed by atoms with E-state index in [-0.39, 0.29) is 0 Å². The first-order valence-electron chi connectivity index (χ1n) is 6.07. The SMILES string of the molecule is CC(NCCCC(C)(C)C)C1(C)CC1. The van der Waals surface area contributed by atoms with Gasteiger partial charge in [-0.05, 0) is 50.0 Å². The fourth-order valence-electron chi connectivity index (χ4n) is 1.81. The highest BCUT2D eigenvalue weighted by Crippen LogP contribution is 2.47. The molecule has 1 aliphatic carbocycles. The molecule has 0 heterocycles. The molecular weight excluding hydrogens is 170 g/mol. The molecule has 0 radical (unpaired) electrons. The Balaban J connectivity index is 2.04. The Labute approximate surface area is 89.7 Å². The van der Waals surface area contributed by atoms with Gasteiger partial charge in [0.2, 0.25) is 0 Å². The fourth-order valence-corrected chi connectivity index (χ4v) is 1.81. The summed E-state index contributed by atoms with van der Waals surface area (Å²) in [7, 11) is 0. The summed E-state index contributed by atoms with van der Waals surface area (Å²) in [5, 5.41) is 3.66. The summed E-state index contributed by atoms with van der Waals surface area (Å²) in [4.78, 5) is 0. The van der Waals surface area contributed by atoms with E-state index >= 15 is 0 Å². The zero-order chi connectivity index (χ0) is 10.8. The van der Waals surface area contributed by atoms with Gasteiger partial charge in [-0.25, -0.2) is 0 Å². The van der Waals surface area contributed by atoms with Crippen LogP contribution in [-0.2, 0) is 0 Å². The van der Waals surface area contributed by atoms with E-state index in [0.717, 1.165) is 0 Å². The molecule has 1 atom stereocenters. The van der Waals surface area contributed by atoms with Crippen molar-refractivity contribution in [2.24, 2.45) is 10.8 Å². The molecule has 0 spiro atoms. The molecule has 0 amide bonds. The molecule has 1 rings (SSSR count). The monoisotopic (exact) mass is 197 g/mol. The molecule has 1 nitrogen and oxygen atoms in total. The summed E-state index contributed by atoms with van der Waals surface area (Å²) in [5.41, 5.74) is 1.12. The van der Waals surface area contributed by atoms with E-state index in [4.69, 9.17) is 0 Å². The average Bonchev–Trinajstić information content (AvgIpc) is 2.76. The van der Waals surface area contributed by atoms with Crippen LogP contribution >= 0.6 is 0 Å². The number of hydrogen-bond donors (Lipinski definition) is 1. The largest absolute Gasteiger partial charge is 0.314 e. The van der Waals surface area contributed by atoms with E-state index in [1.54, 1.807) is 0 Å². The summed E-state index contributed by atoms with van der Waals surface area (Å²) in [6.45, 7) is 12.9. The summed E-state index contributed by atoms with van der Waals surface area (Å²) in [6.07, 6.45) is 5.47. The van der Waals surface area contributed by atoms with Gasteiger partial charge in [0.15, 0.2) is 0 Å². The van der Waals surface area contributed by atoms with Crippen molar-refractivity contribution in [1.82, 2.24) is 5.32 Å². The van der Waals surface area contributed by atoms with Gasteiger partial charge >= 0.3 is 0 Å². The highest BCUT2D eigenvalue weighted by atomic mass is 14.9. The second-order valence-corrected chi connectivity index (χ2v) is 6.49. The first-order chi connectivity index (χ1) is 6.33. The van der Waals surface area contributed by atoms with E-state index in [1.165, 1.54) is 32.2 Å². The van der Waals surface area contributed by atoms with Crippen molar-refractivity contribution in [1.29, 1.82) is 0 Å². The van der Waals surface area contributed by atoms with Crippen molar-refractivity contribution in [3.05, 3.63) is 0 Å². The first kappa shape index (κ1) is 12.0. The molecule has 1 N–H and O–H groups in total. The summed E-state index contributed by atoms with van der Waals surface area (Å²) < 4.78 is 0. The maximum absolute atomic E-state index is 3.66. The third-order valence-corrected chi connectivity index (χ3v) is 3.64. The number of rotatable bonds is 5. The Morgan fingerprint density at radius 2 is 1.86 bits per heavy atom. The van der Waals surface area contributed by atoms with Gasteiger partial charge in [-0.1, -0.05) is 27.7 Å². The lowest BCUT2D eigenvalue weighted by molar-refractivity contribution is 0.335. The zero-order valence-corrected chi connectivity index (χ0v) is 10.6. The quantitative estimate of drug-likeness (QED) is 0.664. The Morgan fingerprint density at radius 3 is 2.29 bits per heavy atom. The maximum Gasteiger partial charge on any atom is 0.00925 e. The minimum atomic E-state index is 0.494. The lowest BCUT2D eigenvalue weighted by Crippen LogP contribution is -2.34. The molecule has 1 fully saturated rings. The Bertz CT molecular complexity index is 174. The Hall–Kier alpha value is -0.0400. The van der Waals surface area contributed by atoms with Crippen LogP contribution in [0.5, 0.6) is 0 Å². The highest BCUT2D eigenvalue weighted by Gasteiger charge is 2.41. The Morgan fingerprint density at radius 1 is 1.29 bits per heavy atom. The Kier molecular flexibility index (Phi) is 3.63. The van der Waals surface area contributed by atoms with Crippen LogP contribution in [-0.4, -0.2) is 12.6 Å². The zero-order valence-electron chi connectivity index (χ0n) is 10.6. The van der Waals surface area contributed by atoms with Crippen LogP contribution in [0.3, 0.4) is 0 Å². The van der Waals surface area contributed by atoms with Gasteiger partial charge in [0.05, 0.1) is 0 Å². The van der Waals surface area contributed by atoms with Crippen molar-refractivity contribution in [2.45, 2.75) is 66.3 Å². The van der Waals surface area contributed by atoms with Crippen molar-refractivity contribution in [3.8, 4) is 0 Å². The third kappa shape index (κ3) is 4.00. The standard InChI is InChI=1S/C13H27N/c1-11(13(5)8-9-13)14-10-6-7-12(2,3)4/h11,14H,6-10H2,1-5H3. The van der Waals surface area contributed by atoms with Crippen LogP contribution in [0.4, 0.5) is 0 Å². The summed E-state index contributed by atoms with van der Waals surface area (Å²) >= 11 is 0. The van der Waals surface area contributed by atoms with Crippen LogP contribution in [0.1, 0.15) is 60.3 Å². The van der Waals surface area contributed by atoms with Crippen LogP contribution in [0.15, 0.2) is 0 Å². The fraction of sp³-hybridized carbons (Fsp3) is 1.00. The average molecular weight is 197 g/mol. The van der Waals surface area contributed by atoms with Crippen molar-refractivity contribution in [3.63, 3.8) is 0 Å². The van der Waals surface area contributed by atoms with E-state index in [0.29, 0.717) is 16.9 Å². The minimum absolute atomic E-state index is 0.494. The van der Waals surface area contributed by atoms with Crippen molar-refractivity contribution < 1.29 is 0 Å². The molecule has 0 bridgehead atoms. The second kappa shape index (κ2) is 4.22. The molecule has 14 heavy (non-hydrogen) atoms. The van der Waals surface area contributed by atoms with Gasteiger partial charge in [-0.15, -0.1) is 0 Å². The van der Waals surface area contributed by atoms with Gasteiger partial charge < -0.3 is 5.32 Å². The predicted molar refractivity (Wildman–Crippen MR) is 63.5 cm³/mol. The van der Waals surface area contributed by atoms with Crippen LogP contribution in [0.25, 0.3) is 0 Å². The van der Waals surface area contributed by atoms with Gasteiger partial charge in [0.1, 0.15) is 0 Å². The second-order valence-electron chi connectivity index (χ2n) is 6.49. The van der Waals surface area contributed by atoms with Crippen LogP contribution in [0, 0.1) is 10.8 Å². The molecule has 0 aromatic carbocycles. The third-order valence-electron chi connectivity index (χ3n) is 3.64. The van der Waals surface area contributed by atoms with Gasteiger partial charge in [0.25, 0.3) is 0 Å². The molecular formula is C13H27N. The van der Waals surface area contributed by atoms with Gasteiger partial charge in [0, 0.05) is 6.04 Å². The summed E-state index contributed by atoms with van der Waals surface area (Å²) in [5.74, 6) is 0. The molecule has 1 unspecified atom stereocenters. The minimum Gasteiger partial charge on any atom is -0.314 e. The van der Waals surface area contributed by atoms with Crippen LogP contribution < -0.4 is 5.32 Å². The lowest BCUT2D eigenvalue weighted by atomic mass is 9.90. The van der Waals surface area contributed by atoms with Gasteiger partial charge in [-0.3, -0.25) is 0 Å². The maximum atomic E-state index is 3.66. The lowest BCUT2D eigenvalue weighted by Gasteiger charge is -2.22. The molecule has 1 heteroatoms. The first-order valence-corrected chi connectivity index (χ1v) is 6.07. The molecule has 84 valence electrons. The molecule has 1 aliphatic rings. The molecule has 0 aromatic rings. The number of hydrogen-bond acceptors (Lipinski definition) is 1. The van der Waals surface area contributed by atoms with Crippen molar-refractivity contribution in [2.75, 3.05) is 6.54 Å². The van der Waals surface area contributed by atoms with E-state index in [1.807, 2.05) is 0 Å². The van der Waals surface area contributed by atoms with Crippen molar-refractivity contribution >= 4 is 0 Å². The number of nitrogens with one attached hydrogen (secondary N) is 1. The molecule has 0 aromatic heterocycles. The predicted octanol–water partition coefficient (Wildman–Crippen LogP) is 3.59. The van der Waals surface area contributed by atoms with E-state index < -0.39 is 0 Å². The van der Waals surface area contributed by atoms with E-state index in [2.05, 4.69) is 39.9 Å². The van der Waals surface area contributed by atoms with E-state index in [9.17, 15) is 0 Å². The topological polar surface area (TPSA) is 12.0 Å². The highest BCUT2D eigenvalue weighted by molar-refractivity contribution is 4.96. The van der Waals surface area contributed by atoms with Crippen LogP contribution in [0.2, 0.25) is 0 Å². The summed E-state index contributed by atoms with van der Waals surface area (Å²) in [6, 6.07) is 0.711. The molecule has 0 saturated heterocycles. The molecule has 1 saturated carbocycles. The molecule has 0 aliphatic heterocycles. The normalized spacial score (nSPS) is 22.1. The van der Waals surface area contributed by atoms with Gasteiger partial charge in [-0.2, -0.15) is 0 Å². The smallest absolute Gasteiger partial charge is 0.00925 e.